The van der Waals surface area contributed by atoms with Crippen LogP contribution in [0, 0.1) is 24.5 Å². The highest BCUT2D eigenvalue weighted by Gasteiger charge is 2.40. The van der Waals surface area contributed by atoms with Crippen LogP contribution in [-0.2, 0) is 27.8 Å². The molecule has 2 fully saturated rings. The molecular weight excluding hydrogens is 593 g/mol. The van der Waals surface area contributed by atoms with Gasteiger partial charge in [-0.1, -0.05) is 12.1 Å². The first kappa shape index (κ1) is 30.6. The van der Waals surface area contributed by atoms with Crippen LogP contribution in [0.3, 0.4) is 0 Å². The monoisotopic (exact) mass is 619 g/mol. The molecule has 9 nitrogen and oxygen atoms in total. The van der Waals surface area contributed by atoms with E-state index in [1.807, 2.05) is 6.07 Å². The number of pyridine rings is 1. The molecule has 0 radical (unpaired) electrons. The van der Waals surface area contributed by atoms with Gasteiger partial charge < -0.3 is 10.4 Å². The minimum absolute atomic E-state index is 0.102. The summed E-state index contributed by atoms with van der Waals surface area (Å²) in [5.74, 6) is -3.31. The predicted molar refractivity (Wildman–Crippen MR) is 141 cm³/mol. The van der Waals surface area contributed by atoms with Gasteiger partial charge in [0, 0.05) is 29.6 Å². The summed E-state index contributed by atoms with van der Waals surface area (Å²) in [6.07, 6.45) is -1.90. The van der Waals surface area contributed by atoms with Gasteiger partial charge in [0.05, 0.1) is 16.9 Å². The molecule has 1 aromatic carbocycles. The fourth-order valence-electron chi connectivity index (χ4n) is 5.01. The Morgan fingerprint density at radius 2 is 1.88 bits per heavy atom. The Hall–Kier alpha value is -3.37. The highest BCUT2D eigenvalue weighted by Crippen LogP contribution is 2.37. The van der Waals surface area contributed by atoms with Gasteiger partial charge in [-0.3, -0.25) is 9.62 Å². The standard InChI is InChI=1S/C23H25F2N5O2S2.C2HF3O2/c1-14-20(10-19(25)23(28-14)34(31,32)29-22-12-33-13-27-22)26-11-17-16(3-2-4-18(17)24)9-21-15-5-7-30(21)8-6-15;3-2(4,5)1(6)7/h2-4,10,12-13,15,21,26,29H,5-9,11H2,1H3;(H,6,7). The number of halogens is 5. The van der Waals surface area contributed by atoms with E-state index in [1.165, 1.54) is 41.1 Å². The zero-order chi connectivity index (χ0) is 29.9. The largest absolute Gasteiger partial charge is 0.490 e. The molecule has 1 unspecified atom stereocenters. The molecule has 222 valence electrons. The molecule has 41 heavy (non-hydrogen) atoms. The number of thiazole rings is 1. The van der Waals surface area contributed by atoms with Crippen LogP contribution in [0.4, 0.5) is 33.5 Å². The maximum atomic E-state index is 14.8. The normalized spacial score (nSPS) is 19.9. The molecule has 0 saturated carbocycles. The Morgan fingerprint density at radius 1 is 1.20 bits per heavy atom. The van der Waals surface area contributed by atoms with Gasteiger partial charge in [-0.2, -0.15) is 21.6 Å². The van der Waals surface area contributed by atoms with Crippen LogP contribution >= 0.6 is 11.3 Å². The number of hydrogen-bond donors (Lipinski definition) is 3. The van der Waals surface area contributed by atoms with Gasteiger partial charge in [-0.15, -0.1) is 11.3 Å². The number of carbonyl (C=O) groups is 1. The zero-order valence-corrected chi connectivity index (χ0v) is 23.2. The summed E-state index contributed by atoms with van der Waals surface area (Å²) >= 11 is 1.21. The SMILES string of the molecule is Cc1nc(S(=O)(=O)Nc2cscn2)c(F)cc1NCc1c(F)cccc1CC1C2CCN1CC2.O=C(O)C(F)(F)F. The van der Waals surface area contributed by atoms with Crippen molar-refractivity contribution in [2.24, 2.45) is 5.92 Å². The summed E-state index contributed by atoms with van der Waals surface area (Å²) in [5.41, 5.74) is 3.54. The molecule has 0 amide bonds. The fourth-order valence-corrected chi connectivity index (χ4v) is 6.62. The van der Waals surface area contributed by atoms with Crippen LogP contribution in [0.15, 0.2) is 40.2 Å². The molecule has 2 aromatic heterocycles. The molecule has 4 heterocycles. The number of carboxylic acid groups (broad SMARTS) is 1. The van der Waals surface area contributed by atoms with Crippen molar-refractivity contribution in [3.8, 4) is 0 Å². The summed E-state index contributed by atoms with van der Waals surface area (Å²) < 4.78 is 88.6. The number of sulfonamides is 1. The summed E-state index contributed by atoms with van der Waals surface area (Å²) in [5, 5.41) is 11.0. The number of nitrogens with one attached hydrogen (secondary N) is 2. The molecule has 0 aliphatic carbocycles. The van der Waals surface area contributed by atoms with Crippen molar-refractivity contribution >= 4 is 38.8 Å². The van der Waals surface area contributed by atoms with Crippen molar-refractivity contribution in [3.05, 3.63) is 63.6 Å². The van der Waals surface area contributed by atoms with E-state index in [4.69, 9.17) is 9.90 Å². The molecule has 16 heteroatoms. The fraction of sp³-hybridized carbons (Fsp3) is 0.400. The number of hydrogen-bond acceptors (Lipinski definition) is 8. The molecule has 5 rings (SSSR count). The van der Waals surface area contributed by atoms with E-state index in [1.54, 1.807) is 13.0 Å². The van der Waals surface area contributed by atoms with E-state index in [-0.39, 0.29) is 23.9 Å². The van der Waals surface area contributed by atoms with Crippen LogP contribution in [0.5, 0.6) is 0 Å². The molecule has 2 saturated heterocycles. The smallest absolute Gasteiger partial charge is 0.475 e. The number of rotatable bonds is 8. The number of benzene rings is 1. The van der Waals surface area contributed by atoms with E-state index in [9.17, 15) is 30.4 Å². The number of piperidine rings is 1. The lowest BCUT2D eigenvalue weighted by Gasteiger charge is -2.21. The van der Waals surface area contributed by atoms with Crippen molar-refractivity contribution in [1.82, 2.24) is 14.9 Å². The Bertz CT molecular complexity index is 1480. The van der Waals surface area contributed by atoms with Gasteiger partial charge in [0.2, 0.25) is 5.03 Å². The van der Waals surface area contributed by atoms with Gasteiger partial charge in [-0.05, 0) is 56.8 Å². The Labute approximate surface area is 236 Å². The minimum atomic E-state index is -5.08. The highest BCUT2D eigenvalue weighted by atomic mass is 32.2. The molecule has 2 aliphatic heterocycles. The number of anilines is 2. The first-order chi connectivity index (χ1) is 19.3. The van der Waals surface area contributed by atoms with E-state index in [0.717, 1.165) is 31.1 Å². The first-order valence-electron chi connectivity index (χ1n) is 12.4. The average Bonchev–Trinajstić information content (AvgIpc) is 3.63. The van der Waals surface area contributed by atoms with Crippen molar-refractivity contribution in [1.29, 1.82) is 0 Å². The number of aromatic nitrogens is 2. The Balaban J connectivity index is 0.000000493. The zero-order valence-electron chi connectivity index (χ0n) is 21.6. The van der Waals surface area contributed by atoms with Crippen LogP contribution in [0.1, 0.15) is 29.7 Å². The van der Waals surface area contributed by atoms with Gasteiger partial charge in [0.1, 0.15) is 5.82 Å². The number of nitrogens with zero attached hydrogens (tertiary/aromatic N) is 3. The van der Waals surface area contributed by atoms with Crippen molar-refractivity contribution in [2.45, 2.75) is 50.0 Å². The van der Waals surface area contributed by atoms with E-state index in [0.29, 0.717) is 23.2 Å². The number of aryl methyl sites for hydroxylation is 1. The van der Waals surface area contributed by atoms with Gasteiger partial charge in [0.15, 0.2) is 11.6 Å². The molecule has 1 atom stereocenters. The van der Waals surface area contributed by atoms with Gasteiger partial charge in [0.25, 0.3) is 10.0 Å². The summed E-state index contributed by atoms with van der Waals surface area (Å²) in [6, 6.07) is 6.62. The maximum Gasteiger partial charge on any atom is 0.490 e. The summed E-state index contributed by atoms with van der Waals surface area (Å²) in [4.78, 5) is 19.2. The molecular formula is C25H26F5N5O4S2. The summed E-state index contributed by atoms with van der Waals surface area (Å²) in [7, 11) is -4.24. The second-order valence-electron chi connectivity index (χ2n) is 9.57. The van der Waals surface area contributed by atoms with Crippen LogP contribution < -0.4 is 10.0 Å². The van der Waals surface area contributed by atoms with Crippen LogP contribution in [0.2, 0.25) is 0 Å². The lowest BCUT2D eigenvalue weighted by molar-refractivity contribution is -0.192. The molecule has 2 aliphatic rings. The van der Waals surface area contributed by atoms with Crippen molar-refractivity contribution in [2.75, 3.05) is 23.1 Å². The van der Waals surface area contributed by atoms with E-state index < -0.39 is 33.0 Å². The Kier molecular flexibility index (Phi) is 9.13. The molecule has 2 bridgehead atoms. The maximum absolute atomic E-state index is 14.8. The number of aliphatic carboxylic acids is 1. The van der Waals surface area contributed by atoms with Crippen molar-refractivity contribution in [3.63, 3.8) is 0 Å². The third-order valence-corrected chi connectivity index (χ3v) is 8.85. The summed E-state index contributed by atoms with van der Waals surface area (Å²) in [6.45, 7) is 3.93. The highest BCUT2D eigenvalue weighted by molar-refractivity contribution is 7.92. The van der Waals surface area contributed by atoms with Crippen molar-refractivity contribution < 1.29 is 40.3 Å². The lowest BCUT2D eigenvalue weighted by Crippen LogP contribution is -2.28. The van der Waals surface area contributed by atoms with Crippen LogP contribution in [-0.4, -0.2) is 59.7 Å². The van der Waals surface area contributed by atoms with Gasteiger partial charge in [-0.25, -0.2) is 23.5 Å². The number of alkyl halides is 3. The topological polar surface area (TPSA) is 125 Å². The van der Waals surface area contributed by atoms with E-state index in [2.05, 4.69) is 24.9 Å². The second-order valence-corrected chi connectivity index (χ2v) is 11.9. The second kappa shape index (κ2) is 12.2. The lowest BCUT2D eigenvalue weighted by atomic mass is 9.92. The predicted octanol–water partition coefficient (Wildman–Crippen LogP) is 4.81. The quantitative estimate of drug-likeness (QED) is 0.307. The first-order valence-corrected chi connectivity index (χ1v) is 14.8. The molecule has 0 spiro atoms. The third-order valence-electron chi connectivity index (χ3n) is 6.99. The minimum Gasteiger partial charge on any atom is -0.475 e. The number of fused-ring (bicyclic) bond motifs is 2. The third kappa shape index (κ3) is 7.29. The van der Waals surface area contributed by atoms with Gasteiger partial charge >= 0.3 is 12.1 Å². The Morgan fingerprint density at radius 3 is 2.44 bits per heavy atom. The van der Waals surface area contributed by atoms with Crippen LogP contribution in [0.25, 0.3) is 0 Å². The number of carboxylic acids is 1. The van der Waals surface area contributed by atoms with E-state index >= 15 is 0 Å². The molecule has 3 N–H and O–H groups in total. The average molecular weight is 620 g/mol. The molecule has 3 aromatic rings.